The van der Waals surface area contributed by atoms with E-state index in [0.29, 0.717) is 5.75 Å². The molecule has 1 heterocycles. The fraction of sp³-hybridized carbons (Fsp3) is 0.412. The topological polar surface area (TPSA) is 55.8 Å². The summed E-state index contributed by atoms with van der Waals surface area (Å²) in [6.45, 7) is 3.09. The molecule has 0 spiro atoms. The first-order chi connectivity index (χ1) is 11.0. The second-order valence-electron chi connectivity index (χ2n) is 5.33. The lowest BCUT2D eigenvalue weighted by Gasteiger charge is -2.19. The van der Waals surface area contributed by atoms with Gasteiger partial charge in [0.2, 0.25) is 0 Å². The quantitative estimate of drug-likeness (QED) is 0.580. The Labute approximate surface area is 144 Å². The highest BCUT2D eigenvalue weighted by molar-refractivity contribution is 9.10. The van der Waals surface area contributed by atoms with E-state index in [-0.39, 0.29) is 5.91 Å². The Kier molecular flexibility index (Phi) is 6.21. The molecule has 2 rings (SSSR count). The monoisotopic (exact) mass is 381 g/mol. The number of carbonyl (C=O) groups excluding carboxylic acids is 2. The van der Waals surface area contributed by atoms with E-state index in [1.54, 1.807) is 31.1 Å². The molecule has 0 bridgehead atoms. The van der Waals surface area contributed by atoms with Gasteiger partial charge >= 0.3 is 5.97 Å². The average Bonchev–Trinajstić information content (AvgIpc) is 3.06. The van der Waals surface area contributed by atoms with Crippen molar-refractivity contribution < 1.29 is 19.1 Å². The SMILES string of the molecule is COc1ccc(Br)cc1/C=C/C(=O)O[C@H](C)C(=O)N1CCCC1. The number of nitrogens with zero attached hydrogens (tertiary/aromatic N) is 1. The van der Waals surface area contributed by atoms with Gasteiger partial charge < -0.3 is 14.4 Å². The number of methoxy groups -OCH3 is 1. The number of halogens is 1. The van der Waals surface area contributed by atoms with Crippen LogP contribution in [0.2, 0.25) is 0 Å². The van der Waals surface area contributed by atoms with Crippen LogP contribution < -0.4 is 4.74 Å². The number of benzene rings is 1. The molecule has 0 unspecified atom stereocenters. The molecule has 1 atom stereocenters. The lowest BCUT2D eigenvalue weighted by molar-refractivity contribution is -0.154. The first-order valence-corrected chi connectivity index (χ1v) is 8.31. The third kappa shape index (κ3) is 4.82. The molecule has 0 aromatic heterocycles. The maximum Gasteiger partial charge on any atom is 0.331 e. The van der Waals surface area contributed by atoms with Gasteiger partial charge in [-0.25, -0.2) is 4.79 Å². The predicted octanol–water partition coefficient (Wildman–Crippen LogP) is 3.03. The molecule has 1 amide bonds. The van der Waals surface area contributed by atoms with Crippen LogP contribution in [-0.2, 0) is 14.3 Å². The minimum atomic E-state index is -0.769. The van der Waals surface area contributed by atoms with Gasteiger partial charge in [-0.3, -0.25) is 4.79 Å². The molecule has 0 radical (unpaired) electrons. The van der Waals surface area contributed by atoms with Crippen LogP contribution >= 0.6 is 15.9 Å². The Morgan fingerprint density at radius 2 is 2.00 bits per heavy atom. The van der Waals surface area contributed by atoms with Crippen LogP contribution in [0.25, 0.3) is 6.08 Å². The van der Waals surface area contributed by atoms with Crippen LogP contribution in [0.5, 0.6) is 5.75 Å². The molecule has 1 saturated heterocycles. The Hall–Kier alpha value is -1.82. The molecule has 1 fully saturated rings. The minimum absolute atomic E-state index is 0.135. The fourth-order valence-electron chi connectivity index (χ4n) is 2.45. The van der Waals surface area contributed by atoms with Gasteiger partial charge in [-0.2, -0.15) is 0 Å². The fourth-order valence-corrected chi connectivity index (χ4v) is 2.83. The van der Waals surface area contributed by atoms with Gasteiger partial charge in [0.05, 0.1) is 7.11 Å². The molecule has 1 aromatic rings. The van der Waals surface area contributed by atoms with Crippen molar-refractivity contribution in [2.45, 2.75) is 25.9 Å². The largest absolute Gasteiger partial charge is 0.496 e. The molecule has 6 heteroatoms. The second-order valence-corrected chi connectivity index (χ2v) is 6.25. The van der Waals surface area contributed by atoms with E-state index >= 15 is 0 Å². The van der Waals surface area contributed by atoms with E-state index in [2.05, 4.69) is 15.9 Å². The van der Waals surface area contributed by atoms with Gasteiger partial charge in [0.25, 0.3) is 5.91 Å². The third-order valence-electron chi connectivity index (χ3n) is 3.65. The molecule has 5 nitrogen and oxygen atoms in total. The van der Waals surface area contributed by atoms with Crippen LogP contribution in [-0.4, -0.2) is 43.1 Å². The Balaban J connectivity index is 1.96. The summed E-state index contributed by atoms with van der Waals surface area (Å²) in [5.74, 6) is -0.0326. The second kappa shape index (κ2) is 8.15. The molecule has 0 saturated carbocycles. The van der Waals surface area contributed by atoms with Crippen molar-refractivity contribution in [3.8, 4) is 5.75 Å². The zero-order chi connectivity index (χ0) is 16.8. The maximum atomic E-state index is 12.1. The summed E-state index contributed by atoms with van der Waals surface area (Å²) in [5.41, 5.74) is 0.748. The van der Waals surface area contributed by atoms with Gasteiger partial charge in [-0.05, 0) is 44.0 Å². The van der Waals surface area contributed by atoms with E-state index in [9.17, 15) is 9.59 Å². The zero-order valence-corrected chi connectivity index (χ0v) is 14.8. The van der Waals surface area contributed by atoms with Crippen molar-refractivity contribution in [3.05, 3.63) is 34.3 Å². The smallest absolute Gasteiger partial charge is 0.331 e. The number of carbonyl (C=O) groups is 2. The zero-order valence-electron chi connectivity index (χ0n) is 13.3. The highest BCUT2D eigenvalue weighted by atomic mass is 79.9. The first kappa shape index (κ1) is 17.5. The maximum absolute atomic E-state index is 12.1. The van der Waals surface area contributed by atoms with Crippen molar-refractivity contribution >= 4 is 33.9 Å². The number of ether oxygens (including phenoxy) is 2. The summed E-state index contributed by atoms with van der Waals surface area (Å²) in [4.78, 5) is 25.7. The van der Waals surface area contributed by atoms with Crippen LogP contribution in [0, 0.1) is 0 Å². The normalized spacial score (nSPS) is 15.7. The summed E-state index contributed by atoms with van der Waals surface area (Å²) in [6.07, 6.45) is 4.16. The van der Waals surface area contributed by atoms with Gasteiger partial charge in [0.15, 0.2) is 6.10 Å². The van der Waals surface area contributed by atoms with E-state index in [1.165, 1.54) is 6.08 Å². The Morgan fingerprint density at radius 3 is 2.65 bits per heavy atom. The summed E-state index contributed by atoms with van der Waals surface area (Å²) in [6, 6.07) is 5.49. The van der Waals surface area contributed by atoms with Gasteiger partial charge in [-0.15, -0.1) is 0 Å². The van der Waals surface area contributed by atoms with E-state index < -0.39 is 12.1 Å². The average molecular weight is 382 g/mol. The van der Waals surface area contributed by atoms with Crippen molar-refractivity contribution in [2.75, 3.05) is 20.2 Å². The highest BCUT2D eigenvalue weighted by Gasteiger charge is 2.25. The number of likely N-dealkylation sites (tertiary alicyclic amines) is 1. The van der Waals surface area contributed by atoms with Crippen LogP contribution in [0.1, 0.15) is 25.3 Å². The Morgan fingerprint density at radius 1 is 1.30 bits per heavy atom. The van der Waals surface area contributed by atoms with Crippen LogP contribution in [0.15, 0.2) is 28.7 Å². The molecule has 23 heavy (non-hydrogen) atoms. The highest BCUT2D eigenvalue weighted by Crippen LogP contribution is 2.24. The van der Waals surface area contributed by atoms with Gasteiger partial charge in [0, 0.05) is 29.2 Å². The molecule has 0 aliphatic carbocycles. The minimum Gasteiger partial charge on any atom is -0.496 e. The molecule has 1 aliphatic heterocycles. The number of hydrogen-bond donors (Lipinski definition) is 0. The Bertz CT molecular complexity index is 609. The van der Waals surface area contributed by atoms with Crippen molar-refractivity contribution in [1.29, 1.82) is 0 Å². The predicted molar refractivity (Wildman–Crippen MR) is 91.1 cm³/mol. The van der Waals surface area contributed by atoms with E-state index in [1.807, 2.05) is 12.1 Å². The number of amides is 1. The van der Waals surface area contributed by atoms with Crippen molar-refractivity contribution in [2.24, 2.45) is 0 Å². The molecular weight excluding hydrogens is 362 g/mol. The van der Waals surface area contributed by atoms with Crippen LogP contribution in [0.4, 0.5) is 0 Å². The molecule has 1 aliphatic rings. The van der Waals surface area contributed by atoms with Crippen molar-refractivity contribution in [3.63, 3.8) is 0 Å². The third-order valence-corrected chi connectivity index (χ3v) is 4.14. The number of rotatable bonds is 5. The lowest BCUT2D eigenvalue weighted by atomic mass is 10.2. The first-order valence-electron chi connectivity index (χ1n) is 7.52. The lowest BCUT2D eigenvalue weighted by Crippen LogP contribution is -2.37. The molecular formula is C17H20BrNO4. The summed E-state index contributed by atoms with van der Waals surface area (Å²) in [7, 11) is 1.57. The molecule has 0 N–H and O–H groups in total. The number of hydrogen-bond acceptors (Lipinski definition) is 4. The summed E-state index contributed by atoms with van der Waals surface area (Å²) < 4.78 is 11.3. The van der Waals surface area contributed by atoms with E-state index in [0.717, 1.165) is 36.0 Å². The summed E-state index contributed by atoms with van der Waals surface area (Å²) >= 11 is 3.37. The van der Waals surface area contributed by atoms with Crippen LogP contribution in [0.3, 0.4) is 0 Å². The van der Waals surface area contributed by atoms with Gasteiger partial charge in [0.1, 0.15) is 5.75 Å². The summed E-state index contributed by atoms with van der Waals surface area (Å²) in [5, 5.41) is 0. The molecule has 1 aromatic carbocycles. The van der Waals surface area contributed by atoms with Crippen molar-refractivity contribution in [1.82, 2.24) is 4.90 Å². The standard InChI is InChI=1S/C17H20BrNO4/c1-12(17(21)19-9-3-4-10-19)23-16(20)8-5-13-11-14(18)6-7-15(13)22-2/h5-8,11-12H,3-4,9-10H2,1-2H3/b8-5+/t12-/m1/s1. The number of esters is 1. The van der Waals surface area contributed by atoms with Gasteiger partial charge in [-0.1, -0.05) is 15.9 Å². The van der Waals surface area contributed by atoms with E-state index in [4.69, 9.17) is 9.47 Å². The molecule has 124 valence electrons.